The summed E-state index contributed by atoms with van der Waals surface area (Å²) in [6.45, 7) is 0. The quantitative estimate of drug-likeness (QED) is 0.891. The van der Waals surface area contributed by atoms with E-state index in [1.54, 1.807) is 30.6 Å². The van der Waals surface area contributed by atoms with Gasteiger partial charge in [-0.2, -0.15) is 13.2 Å². The average Bonchev–Trinajstić information content (AvgIpc) is 2.38. The normalized spacial score (nSPS) is 13.3. The molecule has 5 heteroatoms. The maximum absolute atomic E-state index is 12.6. The molecular formula is C13H11F3N2. The summed E-state index contributed by atoms with van der Waals surface area (Å²) < 4.78 is 37.7. The van der Waals surface area contributed by atoms with Crippen LogP contribution in [0.25, 0.3) is 0 Å². The van der Waals surface area contributed by atoms with Gasteiger partial charge in [-0.25, -0.2) is 0 Å². The fourth-order valence-corrected chi connectivity index (χ4v) is 1.66. The first kappa shape index (κ1) is 12.6. The minimum Gasteiger partial charge on any atom is -0.320 e. The third-order valence-electron chi connectivity index (χ3n) is 2.62. The molecule has 2 rings (SSSR count). The van der Waals surface area contributed by atoms with Crippen LogP contribution in [0.1, 0.15) is 22.7 Å². The van der Waals surface area contributed by atoms with Crippen molar-refractivity contribution >= 4 is 0 Å². The standard InChI is InChI=1S/C13H11F3N2/c14-13(15,16)11-5-1-3-9(7-11)12(17)10-4-2-6-18-8-10/h1-8,12H,17H2/t12-/m1/s1. The number of halogens is 3. The lowest BCUT2D eigenvalue weighted by molar-refractivity contribution is -0.137. The monoisotopic (exact) mass is 252 g/mol. The average molecular weight is 252 g/mol. The molecule has 0 fully saturated rings. The van der Waals surface area contributed by atoms with Crippen molar-refractivity contribution in [2.24, 2.45) is 5.73 Å². The maximum Gasteiger partial charge on any atom is 0.416 e. The van der Waals surface area contributed by atoms with Gasteiger partial charge >= 0.3 is 6.18 Å². The molecule has 0 aliphatic rings. The molecule has 0 bridgehead atoms. The van der Waals surface area contributed by atoms with E-state index >= 15 is 0 Å². The van der Waals surface area contributed by atoms with Crippen LogP contribution in [0.2, 0.25) is 0 Å². The highest BCUT2D eigenvalue weighted by Crippen LogP contribution is 2.31. The number of benzene rings is 1. The van der Waals surface area contributed by atoms with Gasteiger partial charge < -0.3 is 5.73 Å². The number of aromatic nitrogens is 1. The molecule has 1 heterocycles. The van der Waals surface area contributed by atoms with Crippen LogP contribution >= 0.6 is 0 Å². The van der Waals surface area contributed by atoms with Crippen molar-refractivity contribution in [3.8, 4) is 0 Å². The number of nitrogens with two attached hydrogens (primary N) is 1. The molecule has 0 saturated carbocycles. The Morgan fingerprint density at radius 2 is 1.78 bits per heavy atom. The zero-order valence-corrected chi connectivity index (χ0v) is 9.35. The van der Waals surface area contributed by atoms with Crippen LogP contribution in [0.5, 0.6) is 0 Å². The lowest BCUT2D eigenvalue weighted by Gasteiger charge is -2.14. The molecule has 0 aliphatic heterocycles. The molecule has 0 aliphatic carbocycles. The summed E-state index contributed by atoms with van der Waals surface area (Å²) in [7, 11) is 0. The second-order valence-electron chi connectivity index (χ2n) is 3.89. The molecule has 94 valence electrons. The molecule has 1 aromatic heterocycles. The van der Waals surface area contributed by atoms with Crippen LogP contribution in [0.15, 0.2) is 48.8 Å². The molecule has 0 saturated heterocycles. The van der Waals surface area contributed by atoms with E-state index in [1.807, 2.05) is 0 Å². The molecule has 1 aromatic carbocycles. The molecule has 2 aromatic rings. The number of nitrogens with zero attached hydrogens (tertiary/aromatic N) is 1. The molecule has 0 amide bonds. The summed E-state index contributed by atoms with van der Waals surface area (Å²) in [5.41, 5.74) is 6.32. The van der Waals surface area contributed by atoms with Crippen molar-refractivity contribution in [2.45, 2.75) is 12.2 Å². The van der Waals surface area contributed by atoms with Gasteiger partial charge in [-0.1, -0.05) is 18.2 Å². The van der Waals surface area contributed by atoms with E-state index in [0.717, 1.165) is 12.1 Å². The van der Waals surface area contributed by atoms with Gasteiger partial charge in [-0.15, -0.1) is 0 Å². The zero-order valence-electron chi connectivity index (χ0n) is 9.35. The van der Waals surface area contributed by atoms with Crippen LogP contribution in [0.4, 0.5) is 13.2 Å². The molecule has 2 nitrogen and oxygen atoms in total. The van der Waals surface area contributed by atoms with E-state index in [-0.39, 0.29) is 0 Å². The minimum absolute atomic E-state index is 0.415. The zero-order chi connectivity index (χ0) is 13.2. The summed E-state index contributed by atoms with van der Waals surface area (Å²) in [6.07, 6.45) is -1.22. The lowest BCUT2D eigenvalue weighted by atomic mass is 9.99. The fraction of sp³-hybridized carbons (Fsp3) is 0.154. The molecule has 0 unspecified atom stereocenters. The predicted octanol–water partition coefficient (Wildman–Crippen LogP) is 3.15. The van der Waals surface area contributed by atoms with Crippen molar-refractivity contribution in [3.63, 3.8) is 0 Å². The van der Waals surface area contributed by atoms with Crippen LogP contribution in [0, 0.1) is 0 Å². The Labute approximate surface area is 102 Å². The van der Waals surface area contributed by atoms with Gasteiger partial charge in [0.2, 0.25) is 0 Å². The van der Waals surface area contributed by atoms with Gasteiger partial charge in [0.1, 0.15) is 0 Å². The summed E-state index contributed by atoms with van der Waals surface area (Å²) >= 11 is 0. The second-order valence-corrected chi connectivity index (χ2v) is 3.89. The number of alkyl halides is 3. The maximum atomic E-state index is 12.6. The number of hydrogen-bond donors (Lipinski definition) is 1. The van der Waals surface area contributed by atoms with E-state index in [1.165, 1.54) is 6.07 Å². The van der Waals surface area contributed by atoms with E-state index in [9.17, 15) is 13.2 Å². The van der Waals surface area contributed by atoms with E-state index in [4.69, 9.17) is 5.73 Å². The Hall–Kier alpha value is -1.88. The minimum atomic E-state index is -4.36. The number of hydrogen-bond acceptors (Lipinski definition) is 2. The number of rotatable bonds is 2. The van der Waals surface area contributed by atoms with Crippen molar-refractivity contribution in [1.29, 1.82) is 0 Å². The van der Waals surface area contributed by atoms with Crippen LogP contribution < -0.4 is 5.73 Å². The lowest BCUT2D eigenvalue weighted by Crippen LogP contribution is -2.13. The predicted molar refractivity (Wildman–Crippen MR) is 61.7 cm³/mol. The van der Waals surface area contributed by atoms with Gasteiger partial charge in [0.05, 0.1) is 11.6 Å². The van der Waals surface area contributed by atoms with Gasteiger partial charge in [-0.3, -0.25) is 4.98 Å². The molecular weight excluding hydrogens is 241 g/mol. The number of pyridine rings is 1. The molecule has 18 heavy (non-hydrogen) atoms. The van der Waals surface area contributed by atoms with Gasteiger partial charge in [0.25, 0.3) is 0 Å². The van der Waals surface area contributed by atoms with Crippen molar-refractivity contribution in [2.75, 3.05) is 0 Å². The summed E-state index contributed by atoms with van der Waals surface area (Å²) in [6, 6.07) is 7.85. The Morgan fingerprint density at radius 1 is 1.06 bits per heavy atom. The summed E-state index contributed by atoms with van der Waals surface area (Å²) in [5, 5.41) is 0. The Morgan fingerprint density at radius 3 is 2.39 bits per heavy atom. The first-order chi connectivity index (χ1) is 8.48. The van der Waals surface area contributed by atoms with Crippen molar-refractivity contribution in [3.05, 3.63) is 65.5 Å². The third kappa shape index (κ3) is 2.68. The smallest absolute Gasteiger partial charge is 0.320 e. The highest BCUT2D eigenvalue weighted by atomic mass is 19.4. The van der Waals surface area contributed by atoms with Crippen LogP contribution in [-0.4, -0.2) is 4.98 Å². The van der Waals surface area contributed by atoms with E-state index in [0.29, 0.717) is 11.1 Å². The van der Waals surface area contributed by atoms with Crippen molar-refractivity contribution < 1.29 is 13.2 Å². The van der Waals surface area contributed by atoms with Gasteiger partial charge in [-0.05, 0) is 29.3 Å². The van der Waals surface area contributed by atoms with E-state index in [2.05, 4.69) is 4.98 Å². The second kappa shape index (κ2) is 4.78. The fourth-order valence-electron chi connectivity index (χ4n) is 1.66. The first-order valence-corrected chi connectivity index (χ1v) is 5.31. The highest BCUT2D eigenvalue weighted by Gasteiger charge is 2.30. The highest BCUT2D eigenvalue weighted by molar-refractivity contribution is 5.33. The Balaban J connectivity index is 2.35. The van der Waals surface area contributed by atoms with Crippen molar-refractivity contribution in [1.82, 2.24) is 4.98 Å². The molecule has 2 N–H and O–H groups in total. The molecule has 1 atom stereocenters. The van der Waals surface area contributed by atoms with E-state index < -0.39 is 17.8 Å². The SMILES string of the molecule is N[C@@H](c1cccnc1)c1cccc(C(F)(F)F)c1. The largest absolute Gasteiger partial charge is 0.416 e. The Kier molecular flexibility index (Phi) is 3.34. The van der Waals surface area contributed by atoms with Crippen LogP contribution in [-0.2, 0) is 6.18 Å². The third-order valence-corrected chi connectivity index (χ3v) is 2.62. The van der Waals surface area contributed by atoms with Crippen LogP contribution in [0.3, 0.4) is 0 Å². The summed E-state index contributed by atoms with van der Waals surface area (Å²) in [4.78, 5) is 3.90. The Bertz CT molecular complexity index is 523. The molecule has 0 spiro atoms. The first-order valence-electron chi connectivity index (χ1n) is 5.31. The topological polar surface area (TPSA) is 38.9 Å². The van der Waals surface area contributed by atoms with Gasteiger partial charge in [0, 0.05) is 12.4 Å². The van der Waals surface area contributed by atoms with Gasteiger partial charge in [0.15, 0.2) is 0 Å². The summed E-state index contributed by atoms with van der Waals surface area (Å²) in [5.74, 6) is 0. The molecule has 0 radical (unpaired) electrons.